The molecule has 2 aromatic rings. The van der Waals surface area contributed by atoms with Gasteiger partial charge in [0.2, 0.25) is 20.0 Å². The molecule has 9 heteroatoms. The summed E-state index contributed by atoms with van der Waals surface area (Å²) in [7, 11) is -7.21. The summed E-state index contributed by atoms with van der Waals surface area (Å²) in [6, 6.07) is 10.3. The average Bonchev–Trinajstić information content (AvgIpc) is 2.53. The molecule has 0 saturated carbocycles. The topological polar surface area (TPSA) is 96.4 Å². The second kappa shape index (κ2) is 8.26. The highest BCUT2D eigenvalue weighted by Crippen LogP contribution is 2.16. The van der Waals surface area contributed by atoms with Gasteiger partial charge in [0.15, 0.2) is 0 Å². The Balaban J connectivity index is 2.07. The molecule has 2 rings (SSSR count). The van der Waals surface area contributed by atoms with Gasteiger partial charge in [0, 0.05) is 19.3 Å². The van der Waals surface area contributed by atoms with E-state index in [2.05, 4.69) is 9.71 Å². The quantitative estimate of drug-likeness (QED) is 0.727. The molecule has 0 radical (unpaired) electrons. The van der Waals surface area contributed by atoms with Crippen molar-refractivity contribution in [2.24, 2.45) is 0 Å². The van der Waals surface area contributed by atoms with Crippen molar-refractivity contribution in [3.8, 4) is 0 Å². The largest absolute Gasteiger partial charge is 0.260 e. The maximum Gasteiger partial charge on any atom is 0.240 e. The zero-order valence-corrected chi connectivity index (χ0v) is 16.6. The Morgan fingerprint density at radius 3 is 2.38 bits per heavy atom. The average molecular weight is 398 g/mol. The zero-order chi connectivity index (χ0) is 19.4. The third-order valence-electron chi connectivity index (χ3n) is 3.81. The highest BCUT2D eigenvalue weighted by Gasteiger charge is 2.20. The number of sulfonamides is 2. The molecular weight excluding hydrogens is 374 g/mol. The maximum absolute atomic E-state index is 12.5. The van der Waals surface area contributed by atoms with Crippen molar-refractivity contribution < 1.29 is 16.8 Å². The van der Waals surface area contributed by atoms with Crippen LogP contribution in [-0.2, 0) is 26.6 Å². The first-order chi connectivity index (χ1) is 12.1. The molecular formula is C17H23N3O4S2. The molecule has 0 saturated heterocycles. The van der Waals surface area contributed by atoms with Crippen molar-refractivity contribution in [1.82, 2.24) is 14.0 Å². The first-order valence-corrected chi connectivity index (χ1v) is 11.3. The van der Waals surface area contributed by atoms with Gasteiger partial charge in [0.05, 0.1) is 23.4 Å². The Bertz CT molecular complexity index is 959. The Hall–Kier alpha value is -1.81. The van der Waals surface area contributed by atoms with Crippen LogP contribution in [0.4, 0.5) is 0 Å². The van der Waals surface area contributed by atoms with Crippen molar-refractivity contribution in [2.75, 3.05) is 19.3 Å². The van der Waals surface area contributed by atoms with Gasteiger partial charge in [-0.2, -0.15) is 4.31 Å². The van der Waals surface area contributed by atoms with E-state index in [9.17, 15) is 16.8 Å². The summed E-state index contributed by atoms with van der Waals surface area (Å²) >= 11 is 0. The lowest BCUT2D eigenvalue weighted by Crippen LogP contribution is -2.38. The molecule has 0 unspecified atom stereocenters. The van der Waals surface area contributed by atoms with Crippen LogP contribution in [0.2, 0.25) is 0 Å². The fraction of sp³-hybridized carbons (Fsp3) is 0.353. The molecule has 1 N–H and O–H groups in total. The van der Waals surface area contributed by atoms with Crippen LogP contribution < -0.4 is 4.72 Å². The molecule has 0 fully saturated rings. The monoisotopic (exact) mass is 397 g/mol. The molecule has 7 nitrogen and oxygen atoms in total. The van der Waals surface area contributed by atoms with E-state index in [0.717, 1.165) is 11.8 Å². The molecule has 0 bridgehead atoms. The van der Waals surface area contributed by atoms with Crippen molar-refractivity contribution in [2.45, 2.75) is 25.3 Å². The van der Waals surface area contributed by atoms with E-state index in [1.165, 1.54) is 4.31 Å². The van der Waals surface area contributed by atoms with Gasteiger partial charge in [-0.15, -0.1) is 0 Å². The second-order valence-corrected chi connectivity index (χ2v) is 9.80. The van der Waals surface area contributed by atoms with Crippen LogP contribution in [0.15, 0.2) is 47.5 Å². The summed E-state index contributed by atoms with van der Waals surface area (Å²) in [5, 5.41) is 0. The Labute approximate surface area is 155 Å². The van der Waals surface area contributed by atoms with Gasteiger partial charge in [0.1, 0.15) is 0 Å². The predicted molar refractivity (Wildman–Crippen MR) is 101 cm³/mol. The lowest BCUT2D eigenvalue weighted by atomic mass is 10.2. The lowest BCUT2D eigenvalue weighted by Gasteiger charge is -2.20. The van der Waals surface area contributed by atoms with Crippen LogP contribution in [0, 0.1) is 13.8 Å². The summed E-state index contributed by atoms with van der Waals surface area (Å²) in [5.41, 5.74) is 2.21. The van der Waals surface area contributed by atoms with E-state index in [4.69, 9.17) is 0 Å². The minimum Gasteiger partial charge on any atom is -0.260 e. The third-order valence-corrected chi connectivity index (χ3v) is 6.68. The zero-order valence-electron chi connectivity index (χ0n) is 15.0. The van der Waals surface area contributed by atoms with Crippen molar-refractivity contribution >= 4 is 20.0 Å². The van der Waals surface area contributed by atoms with Gasteiger partial charge >= 0.3 is 0 Å². The lowest BCUT2D eigenvalue weighted by molar-refractivity contribution is 0.408. The number of nitrogens with one attached hydrogen (secondary N) is 1. The molecule has 26 heavy (non-hydrogen) atoms. The molecule has 1 aromatic heterocycles. The van der Waals surface area contributed by atoms with E-state index < -0.39 is 20.0 Å². The minimum atomic E-state index is -3.71. The molecule has 0 atom stereocenters. The number of aryl methyl sites for hydroxylation is 2. The third kappa shape index (κ3) is 5.60. The number of benzene rings is 1. The molecule has 0 aliphatic rings. The van der Waals surface area contributed by atoms with E-state index in [0.29, 0.717) is 11.3 Å². The first kappa shape index (κ1) is 20.5. The standard InChI is InChI=1S/C17H23N3O4S2/c1-14-7-8-17(15(2)12-14)26(23,24)19-10-11-20(25(3,21)22)13-16-6-4-5-9-18-16/h4-9,12,19H,10-11,13H2,1-3H3. The Morgan fingerprint density at radius 2 is 1.81 bits per heavy atom. The maximum atomic E-state index is 12.5. The van der Waals surface area contributed by atoms with Gasteiger partial charge in [-0.05, 0) is 37.6 Å². The van der Waals surface area contributed by atoms with Crippen LogP contribution in [0.3, 0.4) is 0 Å². The van der Waals surface area contributed by atoms with Gasteiger partial charge in [-0.25, -0.2) is 21.6 Å². The van der Waals surface area contributed by atoms with E-state index in [-0.39, 0.29) is 24.5 Å². The summed E-state index contributed by atoms with van der Waals surface area (Å²) in [6.45, 7) is 3.68. The number of nitrogens with zero attached hydrogens (tertiary/aromatic N) is 2. The van der Waals surface area contributed by atoms with Crippen molar-refractivity contribution in [1.29, 1.82) is 0 Å². The molecule has 0 aliphatic carbocycles. The van der Waals surface area contributed by atoms with E-state index in [1.54, 1.807) is 49.5 Å². The number of aromatic nitrogens is 1. The smallest absolute Gasteiger partial charge is 0.240 e. The number of hydrogen-bond donors (Lipinski definition) is 1. The Morgan fingerprint density at radius 1 is 1.08 bits per heavy atom. The Kier molecular flexibility index (Phi) is 6.51. The van der Waals surface area contributed by atoms with Crippen LogP contribution >= 0.6 is 0 Å². The second-order valence-electron chi connectivity index (χ2n) is 6.08. The molecule has 1 heterocycles. The summed E-state index contributed by atoms with van der Waals surface area (Å²) in [6.07, 6.45) is 2.67. The van der Waals surface area contributed by atoms with Gasteiger partial charge in [0.25, 0.3) is 0 Å². The number of pyridine rings is 1. The molecule has 0 amide bonds. The summed E-state index contributed by atoms with van der Waals surface area (Å²) < 4.78 is 52.5. The van der Waals surface area contributed by atoms with Gasteiger partial charge < -0.3 is 0 Å². The fourth-order valence-corrected chi connectivity index (χ4v) is 4.55. The predicted octanol–water partition coefficient (Wildman–Crippen LogP) is 1.44. The SMILES string of the molecule is Cc1ccc(S(=O)(=O)NCCN(Cc2ccccn2)S(C)(=O)=O)c(C)c1. The molecule has 0 aliphatic heterocycles. The minimum absolute atomic E-state index is 0.0134. The highest BCUT2D eigenvalue weighted by molar-refractivity contribution is 7.89. The number of rotatable bonds is 8. The first-order valence-electron chi connectivity index (χ1n) is 8.01. The summed E-state index contributed by atoms with van der Waals surface area (Å²) in [4.78, 5) is 4.30. The van der Waals surface area contributed by atoms with Crippen LogP contribution in [-0.4, -0.2) is 45.5 Å². The van der Waals surface area contributed by atoms with E-state index in [1.807, 2.05) is 6.92 Å². The highest BCUT2D eigenvalue weighted by atomic mass is 32.2. The number of hydrogen-bond acceptors (Lipinski definition) is 5. The fourth-order valence-electron chi connectivity index (χ4n) is 2.52. The summed E-state index contributed by atoms with van der Waals surface area (Å²) in [5.74, 6) is 0. The molecule has 0 spiro atoms. The van der Waals surface area contributed by atoms with Crippen LogP contribution in [0.5, 0.6) is 0 Å². The molecule has 142 valence electrons. The van der Waals surface area contributed by atoms with Crippen molar-refractivity contribution in [3.63, 3.8) is 0 Å². The van der Waals surface area contributed by atoms with Gasteiger partial charge in [-0.3, -0.25) is 4.98 Å². The molecule has 1 aromatic carbocycles. The van der Waals surface area contributed by atoms with Crippen molar-refractivity contribution in [3.05, 3.63) is 59.4 Å². The normalized spacial score (nSPS) is 12.5. The van der Waals surface area contributed by atoms with Gasteiger partial charge in [-0.1, -0.05) is 23.8 Å². The van der Waals surface area contributed by atoms with Crippen LogP contribution in [0.1, 0.15) is 16.8 Å². The van der Waals surface area contributed by atoms with Crippen LogP contribution in [0.25, 0.3) is 0 Å². The van der Waals surface area contributed by atoms with E-state index >= 15 is 0 Å².